The molecule has 3 rings (SSSR count). The Morgan fingerprint density at radius 1 is 1.14 bits per heavy atom. The maximum absolute atomic E-state index is 13.8. The van der Waals surface area contributed by atoms with Crippen LogP contribution in [0, 0.1) is 12.7 Å². The van der Waals surface area contributed by atoms with Crippen LogP contribution in [0.3, 0.4) is 0 Å². The van der Waals surface area contributed by atoms with Crippen LogP contribution < -0.4 is 10.5 Å². The van der Waals surface area contributed by atoms with Gasteiger partial charge in [0.1, 0.15) is 0 Å². The largest absolute Gasteiger partial charge is 0.436 e. The first-order valence-corrected chi connectivity index (χ1v) is 6.70. The summed E-state index contributed by atoms with van der Waals surface area (Å²) in [5, 5.41) is 0.981. The predicted octanol–water partition coefficient (Wildman–Crippen LogP) is 3.93. The van der Waals surface area contributed by atoms with E-state index in [1.54, 1.807) is 12.1 Å². The van der Waals surface area contributed by atoms with Crippen LogP contribution in [-0.2, 0) is 6.54 Å². The Kier molecular flexibility index (Phi) is 3.54. The lowest BCUT2D eigenvalue weighted by molar-refractivity contribution is 0.424. The molecular weight excluding hydrogens is 267 g/mol. The second-order valence-corrected chi connectivity index (χ2v) is 4.89. The third-order valence-electron chi connectivity index (χ3n) is 3.28. The van der Waals surface area contributed by atoms with Gasteiger partial charge in [-0.2, -0.15) is 0 Å². The number of benzene rings is 2. The van der Waals surface area contributed by atoms with Gasteiger partial charge in [-0.15, -0.1) is 0 Å². The Morgan fingerprint density at radius 3 is 2.76 bits per heavy atom. The number of hydrogen-bond acceptors (Lipinski definition) is 3. The van der Waals surface area contributed by atoms with E-state index in [1.165, 1.54) is 6.07 Å². The van der Waals surface area contributed by atoms with E-state index in [0.717, 1.165) is 22.0 Å². The molecule has 1 aromatic heterocycles. The molecule has 0 radical (unpaired) electrons. The van der Waals surface area contributed by atoms with Gasteiger partial charge in [-0.3, -0.25) is 0 Å². The molecule has 3 nitrogen and oxygen atoms in total. The average Bonchev–Trinajstić information content (AvgIpc) is 2.50. The van der Waals surface area contributed by atoms with Crippen molar-refractivity contribution in [2.75, 3.05) is 0 Å². The summed E-state index contributed by atoms with van der Waals surface area (Å²) in [5.41, 5.74) is 8.20. The fraction of sp³-hybridized carbons (Fsp3) is 0.118. The lowest BCUT2D eigenvalue weighted by Gasteiger charge is -2.11. The highest BCUT2D eigenvalue weighted by Crippen LogP contribution is 2.29. The molecule has 0 atom stereocenters. The van der Waals surface area contributed by atoms with Gasteiger partial charge in [-0.25, -0.2) is 9.37 Å². The summed E-state index contributed by atoms with van der Waals surface area (Å²) in [4.78, 5) is 4.44. The number of fused-ring (bicyclic) bond motifs is 1. The Morgan fingerprint density at radius 2 is 1.95 bits per heavy atom. The van der Waals surface area contributed by atoms with Crippen molar-refractivity contribution < 1.29 is 9.13 Å². The second kappa shape index (κ2) is 5.50. The number of rotatable bonds is 3. The molecule has 0 fully saturated rings. The minimum Gasteiger partial charge on any atom is -0.436 e. The summed E-state index contributed by atoms with van der Waals surface area (Å²) in [6, 6.07) is 14.3. The number of pyridine rings is 1. The fourth-order valence-corrected chi connectivity index (χ4v) is 2.17. The summed E-state index contributed by atoms with van der Waals surface area (Å²) in [7, 11) is 0. The fourth-order valence-electron chi connectivity index (χ4n) is 2.17. The number of para-hydroxylation sites is 1. The molecule has 0 aliphatic rings. The van der Waals surface area contributed by atoms with Crippen LogP contribution in [0.2, 0.25) is 0 Å². The van der Waals surface area contributed by atoms with Gasteiger partial charge in [-0.05, 0) is 36.8 Å². The molecule has 0 aliphatic heterocycles. The highest BCUT2D eigenvalue weighted by atomic mass is 19.1. The summed E-state index contributed by atoms with van der Waals surface area (Å²) in [6.45, 7) is 2.16. The number of nitrogens with zero attached hydrogens (tertiary/aromatic N) is 1. The second-order valence-electron chi connectivity index (χ2n) is 4.89. The minimum absolute atomic E-state index is 0.160. The molecule has 1 heterocycles. The first-order chi connectivity index (χ1) is 10.2. The van der Waals surface area contributed by atoms with Crippen molar-refractivity contribution in [1.29, 1.82) is 0 Å². The van der Waals surface area contributed by atoms with Crippen LogP contribution in [0.5, 0.6) is 11.6 Å². The topological polar surface area (TPSA) is 48.1 Å². The normalized spacial score (nSPS) is 10.8. The van der Waals surface area contributed by atoms with Crippen molar-refractivity contribution in [3.8, 4) is 11.6 Å². The molecule has 0 saturated heterocycles. The van der Waals surface area contributed by atoms with Gasteiger partial charge >= 0.3 is 0 Å². The van der Waals surface area contributed by atoms with Crippen molar-refractivity contribution in [2.24, 2.45) is 5.73 Å². The number of aromatic nitrogens is 1. The number of aryl methyl sites for hydroxylation is 1. The molecule has 0 amide bonds. The monoisotopic (exact) mass is 282 g/mol. The molecule has 2 aromatic carbocycles. The standard InChI is InChI=1S/C17H15FN2O/c1-11-6-7-14(18)16(8-11)21-17-13(10-19)9-12-4-2-3-5-15(12)20-17/h2-9H,10,19H2,1H3. The van der Waals surface area contributed by atoms with Gasteiger partial charge in [0, 0.05) is 17.5 Å². The Labute approximate surface area is 122 Å². The predicted molar refractivity (Wildman–Crippen MR) is 80.8 cm³/mol. The molecule has 0 bridgehead atoms. The van der Waals surface area contributed by atoms with E-state index in [-0.39, 0.29) is 12.3 Å². The Hall–Kier alpha value is -2.46. The van der Waals surface area contributed by atoms with Gasteiger partial charge in [0.2, 0.25) is 5.88 Å². The van der Waals surface area contributed by atoms with E-state index >= 15 is 0 Å². The first kappa shape index (κ1) is 13.5. The van der Waals surface area contributed by atoms with E-state index in [0.29, 0.717) is 5.88 Å². The molecule has 0 spiro atoms. The van der Waals surface area contributed by atoms with E-state index in [1.807, 2.05) is 37.3 Å². The molecular formula is C17H15FN2O. The Balaban J connectivity index is 2.08. The highest BCUT2D eigenvalue weighted by Gasteiger charge is 2.11. The molecule has 0 saturated carbocycles. The third kappa shape index (κ3) is 2.71. The number of hydrogen-bond donors (Lipinski definition) is 1. The van der Waals surface area contributed by atoms with E-state index in [9.17, 15) is 4.39 Å². The quantitative estimate of drug-likeness (QED) is 0.791. The number of halogens is 1. The zero-order valence-corrected chi connectivity index (χ0v) is 11.6. The van der Waals surface area contributed by atoms with Crippen molar-refractivity contribution in [1.82, 2.24) is 4.98 Å². The molecule has 2 N–H and O–H groups in total. The SMILES string of the molecule is Cc1ccc(F)c(Oc2nc3ccccc3cc2CN)c1. The zero-order chi connectivity index (χ0) is 14.8. The van der Waals surface area contributed by atoms with Crippen LogP contribution in [-0.4, -0.2) is 4.98 Å². The van der Waals surface area contributed by atoms with Crippen LogP contribution >= 0.6 is 0 Å². The van der Waals surface area contributed by atoms with Gasteiger partial charge in [0.05, 0.1) is 5.52 Å². The van der Waals surface area contributed by atoms with Gasteiger partial charge in [-0.1, -0.05) is 24.3 Å². The van der Waals surface area contributed by atoms with Gasteiger partial charge < -0.3 is 10.5 Å². The smallest absolute Gasteiger partial charge is 0.224 e. The molecule has 0 aliphatic carbocycles. The molecule has 21 heavy (non-hydrogen) atoms. The minimum atomic E-state index is -0.418. The summed E-state index contributed by atoms with van der Waals surface area (Å²) < 4.78 is 19.5. The van der Waals surface area contributed by atoms with Crippen LogP contribution in [0.15, 0.2) is 48.5 Å². The van der Waals surface area contributed by atoms with Crippen LogP contribution in [0.1, 0.15) is 11.1 Å². The lowest BCUT2D eigenvalue weighted by atomic mass is 10.1. The van der Waals surface area contributed by atoms with Crippen LogP contribution in [0.25, 0.3) is 10.9 Å². The molecule has 106 valence electrons. The molecule has 0 unspecified atom stereocenters. The zero-order valence-electron chi connectivity index (χ0n) is 11.6. The first-order valence-electron chi connectivity index (χ1n) is 6.70. The Bertz CT molecular complexity index is 802. The van der Waals surface area contributed by atoms with Crippen LogP contribution in [0.4, 0.5) is 4.39 Å². The summed E-state index contributed by atoms with van der Waals surface area (Å²) in [5.74, 6) is 0.0895. The highest BCUT2D eigenvalue weighted by molar-refractivity contribution is 5.80. The number of ether oxygens (including phenoxy) is 1. The van der Waals surface area contributed by atoms with Gasteiger partial charge in [0.25, 0.3) is 0 Å². The third-order valence-corrected chi connectivity index (χ3v) is 3.28. The van der Waals surface area contributed by atoms with Gasteiger partial charge in [0.15, 0.2) is 11.6 Å². The van der Waals surface area contributed by atoms with E-state index in [2.05, 4.69) is 4.98 Å². The van der Waals surface area contributed by atoms with Crippen molar-refractivity contribution in [2.45, 2.75) is 13.5 Å². The van der Waals surface area contributed by atoms with E-state index < -0.39 is 5.82 Å². The van der Waals surface area contributed by atoms with Crippen molar-refractivity contribution in [3.63, 3.8) is 0 Å². The number of nitrogens with two attached hydrogens (primary N) is 1. The maximum atomic E-state index is 13.8. The van der Waals surface area contributed by atoms with Crippen molar-refractivity contribution in [3.05, 3.63) is 65.5 Å². The van der Waals surface area contributed by atoms with Crippen molar-refractivity contribution >= 4 is 10.9 Å². The molecule has 3 aromatic rings. The lowest BCUT2D eigenvalue weighted by Crippen LogP contribution is -2.02. The summed E-state index contributed by atoms with van der Waals surface area (Å²) >= 11 is 0. The summed E-state index contributed by atoms with van der Waals surface area (Å²) in [6.07, 6.45) is 0. The maximum Gasteiger partial charge on any atom is 0.224 e. The average molecular weight is 282 g/mol. The molecule has 4 heteroatoms. The van der Waals surface area contributed by atoms with E-state index in [4.69, 9.17) is 10.5 Å².